The summed E-state index contributed by atoms with van der Waals surface area (Å²) in [5, 5.41) is 9.37. The van der Waals surface area contributed by atoms with Crippen LogP contribution in [-0.4, -0.2) is 50.9 Å². The molecule has 1 aromatic heterocycles. The average molecular weight is 429 g/mol. The van der Waals surface area contributed by atoms with Crippen molar-refractivity contribution in [1.29, 1.82) is 0 Å². The third kappa shape index (κ3) is 3.94. The van der Waals surface area contributed by atoms with E-state index in [0.717, 1.165) is 6.20 Å². The van der Waals surface area contributed by atoms with Crippen LogP contribution < -0.4 is 14.9 Å². The van der Waals surface area contributed by atoms with Gasteiger partial charge in [0, 0.05) is 37.3 Å². The Morgan fingerprint density at radius 1 is 1.29 bits per heavy atom. The molecule has 0 aliphatic carbocycles. The molecule has 0 fully saturated rings. The van der Waals surface area contributed by atoms with Crippen molar-refractivity contribution in [1.82, 2.24) is 4.57 Å². The van der Waals surface area contributed by atoms with Crippen LogP contribution >= 0.6 is 0 Å². The highest BCUT2D eigenvalue weighted by atomic mass is 19.1. The molecule has 2 aromatic rings. The molecule has 1 aromatic carbocycles. The fourth-order valence-corrected chi connectivity index (χ4v) is 3.81. The van der Waals surface area contributed by atoms with Gasteiger partial charge in [-0.15, -0.1) is 0 Å². The molecule has 0 saturated heterocycles. The number of hydrogen-bond donors (Lipinski definition) is 1. The van der Waals surface area contributed by atoms with E-state index in [0.29, 0.717) is 42.3 Å². The fourth-order valence-electron chi connectivity index (χ4n) is 3.81. The van der Waals surface area contributed by atoms with Gasteiger partial charge in [0.25, 0.3) is 0 Å². The minimum absolute atomic E-state index is 0.0586. The summed E-state index contributed by atoms with van der Waals surface area (Å²) in [5.41, 5.74) is -1.96. The number of aromatic nitrogens is 1. The van der Waals surface area contributed by atoms with Crippen LogP contribution in [-0.2, 0) is 16.6 Å². The Morgan fingerprint density at radius 2 is 2.00 bits per heavy atom. The molecule has 0 bridgehead atoms. The minimum Gasteiger partial charge on any atom is -0.493 e. The maximum Gasteiger partial charge on any atom is 0.341 e. The summed E-state index contributed by atoms with van der Waals surface area (Å²) in [6.45, 7) is 4.65. The molecule has 9 heteroatoms. The van der Waals surface area contributed by atoms with Crippen molar-refractivity contribution < 1.29 is 28.5 Å². The molecule has 1 aliphatic rings. The van der Waals surface area contributed by atoms with Crippen LogP contribution in [0.3, 0.4) is 0 Å². The predicted molar refractivity (Wildman–Crippen MR) is 114 cm³/mol. The highest BCUT2D eigenvalue weighted by molar-refractivity contribution is 6.14. The quantitative estimate of drug-likeness (QED) is 0.513. The summed E-state index contributed by atoms with van der Waals surface area (Å²) in [4.78, 5) is 23.9. The summed E-state index contributed by atoms with van der Waals surface area (Å²) in [6.07, 6.45) is 2.09. The van der Waals surface area contributed by atoms with E-state index in [9.17, 15) is 14.7 Å². The molecule has 1 aliphatic heterocycles. The maximum atomic E-state index is 15.3. The van der Waals surface area contributed by atoms with Crippen molar-refractivity contribution in [2.45, 2.75) is 32.1 Å². The molecule has 0 amide bonds. The van der Waals surface area contributed by atoms with Crippen LogP contribution in [0.25, 0.3) is 11.3 Å². The topological polar surface area (TPSA) is 87.0 Å². The summed E-state index contributed by atoms with van der Waals surface area (Å²) >= 11 is 0. The van der Waals surface area contributed by atoms with Crippen LogP contribution in [0.5, 0.6) is 11.5 Å². The van der Waals surface area contributed by atoms with E-state index < -0.39 is 28.2 Å². The molecule has 0 saturated carbocycles. The van der Waals surface area contributed by atoms with E-state index in [2.05, 4.69) is 0 Å². The number of halogens is 1. The van der Waals surface area contributed by atoms with Gasteiger partial charge in [-0.3, -0.25) is 4.79 Å². The smallest absolute Gasteiger partial charge is 0.341 e. The second kappa shape index (κ2) is 8.74. The second-order valence-electron chi connectivity index (χ2n) is 7.89. The first-order valence-electron chi connectivity index (χ1n) is 9.96. The zero-order valence-electron chi connectivity index (χ0n) is 18.0. The molecule has 0 unspecified atom stereocenters. The number of aromatic carboxylic acids is 1. The van der Waals surface area contributed by atoms with Crippen LogP contribution in [0, 0.1) is 11.7 Å². The number of carboxylic acid groups (broad SMARTS) is 1. The van der Waals surface area contributed by atoms with Crippen molar-refractivity contribution in [3.63, 3.8) is 0 Å². The van der Waals surface area contributed by atoms with Crippen molar-refractivity contribution in [3.05, 3.63) is 45.5 Å². The van der Waals surface area contributed by atoms with Gasteiger partial charge >= 0.3 is 5.97 Å². The minimum atomic E-state index is -1.51. The Kier molecular flexibility index (Phi) is 6.45. The number of nitrogens with zero attached hydrogens (tertiary/aromatic N) is 1. The van der Waals surface area contributed by atoms with Crippen LogP contribution in [0.4, 0.5) is 4.39 Å². The highest BCUT2D eigenvalue weighted by Crippen LogP contribution is 2.45. The molecule has 0 spiro atoms. The Labute approximate surface area is 181 Å². The van der Waals surface area contributed by atoms with Crippen LogP contribution in [0.1, 0.15) is 36.2 Å². The zero-order chi connectivity index (χ0) is 22.9. The molecule has 164 valence electrons. The van der Waals surface area contributed by atoms with Gasteiger partial charge in [-0.1, -0.05) is 13.8 Å². The van der Waals surface area contributed by atoms with Gasteiger partial charge in [0.05, 0.1) is 19.4 Å². The monoisotopic (exact) mass is 429 g/mol. The molecule has 31 heavy (non-hydrogen) atoms. The van der Waals surface area contributed by atoms with E-state index in [4.69, 9.17) is 22.1 Å². The first-order valence-corrected chi connectivity index (χ1v) is 9.96. The number of carbonyl (C=O) groups is 1. The molecule has 2 heterocycles. The van der Waals surface area contributed by atoms with Gasteiger partial charge in [0.2, 0.25) is 5.43 Å². The Hall–Kier alpha value is -2.81. The van der Waals surface area contributed by atoms with E-state index in [1.165, 1.54) is 11.7 Å². The van der Waals surface area contributed by atoms with E-state index in [1.54, 1.807) is 19.2 Å². The average Bonchev–Trinajstić information content (AvgIpc) is 2.72. The number of rotatable bonds is 8. The number of carboxylic acids is 1. The van der Waals surface area contributed by atoms with Gasteiger partial charge in [-0.2, -0.15) is 0 Å². The lowest BCUT2D eigenvalue weighted by Gasteiger charge is -2.43. The normalized spacial score (nSPS) is 17.2. The standard InChI is InChI=1S/C22H25BFNO6/c1-12(2)22(23)10-13-8-17(31-7-5-6-29-3)16(30-4)9-14(13)19-18(24)20(26)15(21(27)28)11-25(19)22/h8-9,11-12H,5-7,10H2,1-4H3,(H,27,28)/t22-/m0/s1. The largest absolute Gasteiger partial charge is 0.493 e. The van der Waals surface area contributed by atoms with Crippen LogP contribution in [0.2, 0.25) is 0 Å². The Morgan fingerprint density at radius 3 is 2.58 bits per heavy atom. The Balaban J connectivity index is 2.24. The van der Waals surface area contributed by atoms with E-state index >= 15 is 4.39 Å². The SMILES string of the molecule is [B][C@@]1(C(C)C)Cc2cc(OCCCOC)c(OC)cc2-c2c(F)c(=O)c(C(=O)O)cn21. The molecular weight excluding hydrogens is 404 g/mol. The lowest BCUT2D eigenvalue weighted by atomic mass is 9.63. The van der Waals surface area contributed by atoms with Gasteiger partial charge in [-0.05, 0) is 30.0 Å². The number of fused-ring (bicyclic) bond motifs is 3. The number of ether oxygens (including phenoxy) is 3. The lowest BCUT2D eigenvalue weighted by molar-refractivity contribution is 0.0693. The fraction of sp³-hybridized carbons (Fsp3) is 0.455. The van der Waals surface area contributed by atoms with E-state index in [1.807, 2.05) is 13.8 Å². The first-order chi connectivity index (χ1) is 14.7. The summed E-state index contributed by atoms with van der Waals surface area (Å²) < 4.78 is 32.9. The maximum absolute atomic E-state index is 15.3. The van der Waals surface area contributed by atoms with Gasteiger partial charge in [0.1, 0.15) is 13.4 Å². The lowest BCUT2D eigenvalue weighted by Crippen LogP contribution is -2.46. The molecule has 7 nitrogen and oxygen atoms in total. The number of hydrogen-bond acceptors (Lipinski definition) is 5. The van der Waals surface area contributed by atoms with E-state index in [-0.39, 0.29) is 18.0 Å². The van der Waals surface area contributed by atoms with Gasteiger partial charge in [0.15, 0.2) is 17.3 Å². The van der Waals surface area contributed by atoms with Crippen molar-refractivity contribution in [2.75, 3.05) is 27.4 Å². The summed E-state index contributed by atoms with van der Waals surface area (Å²) in [6, 6.07) is 3.33. The third-order valence-electron chi connectivity index (χ3n) is 5.70. The van der Waals surface area contributed by atoms with Crippen LogP contribution in [0.15, 0.2) is 23.1 Å². The Bertz CT molecular complexity index is 1070. The molecular formula is C22H25BFNO6. The number of methoxy groups -OCH3 is 2. The number of pyridine rings is 1. The second-order valence-corrected chi connectivity index (χ2v) is 7.89. The third-order valence-corrected chi connectivity index (χ3v) is 5.70. The van der Waals surface area contributed by atoms with Crippen molar-refractivity contribution in [3.8, 4) is 22.8 Å². The summed E-state index contributed by atoms with van der Waals surface area (Å²) in [7, 11) is 9.76. The van der Waals surface area contributed by atoms with Crippen molar-refractivity contribution in [2.24, 2.45) is 5.92 Å². The number of benzene rings is 1. The molecule has 1 N–H and O–H groups in total. The molecule has 2 radical (unpaired) electrons. The van der Waals surface area contributed by atoms with Gasteiger partial charge < -0.3 is 23.9 Å². The first kappa shape index (κ1) is 22.9. The van der Waals surface area contributed by atoms with Crippen molar-refractivity contribution >= 4 is 13.8 Å². The molecule has 1 atom stereocenters. The zero-order valence-corrected chi connectivity index (χ0v) is 18.0. The molecule has 3 rings (SSSR count). The summed E-state index contributed by atoms with van der Waals surface area (Å²) in [5.74, 6) is -2.02. The highest BCUT2D eigenvalue weighted by Gasteiger charge is 2.39. The van der Waals surface area contributed by atoms with Gasteiger partial charge in [-0.25, -0.2) is 9.18 Å². The predicted octanol–water partition coefficient (Wildman–Crippen LogP) is 2.81.